The minimum atomic E-state index is -0.875. The first-order valence-corrected chi connectivity index (χ1v) is 2.30. The van der Waals surface area contributed by atoms with E-state index in [9.17, 15) is 4.79 Å². The van der Waals surface area contributed by atoms with E-state index in [1.54, 1.807) is 13.2 Å². The minimum absolute atomic E-state index is 0.875. The minimum Gasteiger partial charge on any atom is -0.288 e. The summed E-state index contributed by atoms with van der Waals surface area (Å²) in [5.41, 5.74) is 0. The summed E-state index contributed by atoms with van der Waals surface area (Å²) in [6, 6.07) is 0. The Hall–Kier alpha value is 0.370. The molecule has 0 aromatic rings. The van der Waals surface area contributed by atoms with Crippen LogP contribution in [0, 0.1) is 0 Å². The molecule has 1 nitrogen and oxygen atoms in total. The molecule has 6 heavy (non-hydrogen) atoms. The van der Waals surface area contributed by atoms with Gasteiger partial charge in [-0.1, -0.05) is 0 Å². The normalized spacial score (nSPS) is 11.2. The van der Waals surface area contributed by atoms with Crippen LogP contribution in [0.1, 0.15) is 6.92 Å². The topological polar surface area (TPSA) is 17.1 Å². The van der Waals surface area contributed by atoms with Gasteiger partial charge in [-0.2, -0.15) is 25.3 Å². The molecule has 0 atom stereocenters. The lowest BCUT2D eigenvalue weighted by Crippen LogP contribution is -2.06. The molecular formula is C3H5OS2. The lowest BCUT2D eigenvalue weighted by Gasteiger charge is -1.99. The molecule has 0 heterocycles. The van der Waals surface area contributed by atoms with Crippen LogP contribution in [-0.4, -0.2) is 10.4 Å². The number of hydrogen-bond donors (Lipinski definition) is 2. The van der Waals surface area contributed by atoms with E-state index >= 15 is 0 Å². The average Bonchev–Trinajstić information content (AvgIpc) is 1.35. The summed E-state index contributed by atoms with van der Waals surface area (Å²) < 4.78 is -0.875. The van der Waals surface area contributed by atoms with Gasteiger partial charge in [0, 0.05) is 0 Å². The van der Waals surface area contributed by atoms with Gasteiger partial charge in [-0.25, -0.2) is 0 Å². The predicted molar refractivity (Wildman–Crippen MR) is 32.1 cm³/mol. The van der Waals surface area contributed by atoms with E-state index in [2.05, 4.69) is 25.3 Å². The van der Waals surface area contributed by atoms with Crippen molar-refractivity contribution in [2.75, 3.05) is 0 Å². The average molecular weight is 121 g/mol. The zero-order valence-electron chi connectivity index (χ0n) is 3.30. The summed E-state index contributed by atoms with van der Waals surface area (Å²) in [7, 11) is 0. The lowest BCUT2D eigenvalue weighted by atomic mass is 10.5. The third kappa shape index (κ3) is 4.37. The molecule has 0 saturated heterocycles. The summed E-state index contributed by atoms with van der Waals surface area (Å²) in [6.07, 6.45) is 1.58. The molecule has 0 aliphatic heterocycles. The van der Waals surface area contributed by atoms with Crippen LogP contribution in [0.3, 0.4) is 0 Å². The summed E-state index contributed by atoms with van der Waals surface area (Å²) in [5.74, 6) is 0. The molecule has 0 saturated carbocycles. The van der Waals surface area contributed by atoms with E-state index in [0.29, 0.717) is 0 Å². The second-order valence-electron chi connectivity index (χ2n) is 1.12. The van der Waals surface area contributed by atoms with Crippen molar-refractivity contribution in [1.29, 1.82) is 0 Å². The molecule has 0 aliphatic carbocycles. The van der Waals surface area contributed by atoms with Gasteiger partial charge in [-0.15, -0.1) is 0 Å². The van der Waals surface area contributed by atoms with E-state index in [1.807, 2.05) is 0 Å². The van der Waals surface area contributed by atoms with Gasteiger partial charge in [-0.3, -0.25) is 4.79 Å². The summed E-state index contributed by atoms with van der Waals surface area (Å²) in [6.45, 7) is 1.55. The van der Waals surface area contributed by atoms with E-state index in [0.717, 1.165) is 0 Å². The van der Waals surface area contributed by atoms with Gasteiger partial charge >= 0.3 is 0 Å². The molecule has 0 aromatic carbocycles. The van der Waals surface area contributed by atoms with Crippen LogP contribution in [0.2, 0.25) is 0 Å². The van der Waals surface area contributed by atoms with Gasteiger partial charge in [0.25, 0.3) is 0 Å². The van der Waals surface area contributed by atoms with Gasteiger partial charge in [-0.05, 0) is 6.92 Å². The molecule has 0 aliphatic rings. The second-order valence-corrected chi connectivity index (χ2v) is 3.26. The lowest BCUT2D eigenvalue weighted by molar-refractivity contribution is 0.553. The van der Waals surface area contributed by atoms with Crippen molar-refractivity contribution in [3.05, 3.63) is 0 Å². The molecule has 0 bridgehead atoms. The Morgan fingerprint density at radius 3 is 1.83 bits per heavy atom. The van der Waals surface area contributed by atoms with Crippen molar-refractivity contribution in [2.24, 2.45) is 0 Å². The molecule has 0 unspecified atom stereocenters. The molecular weight excluding hydrogens is 116 g/mol. The highest BCUT2D eigenvalue weighted by atomic mass is 32.2. The van der Waals surface area contributed by atoms with Crippen LogP contribution in [0.4, 0.5) is 0 Å². The van der Waals surface area contributed by atoms with Crippen LogP contribution in [0.5, 0.6) is 0 Å². The number of rotatable bonds is 1. The zero-order chi connectivity index (χ0) is 5.21. The number of carbonyl (C=O) groups excluding carboxylic acids is 1. The smallest absolute Gasteiger partial charge is 0.225 e. The third-order valence-corrected chi connectivity index (χ3v) is 0.376. The van der Waals surface area contributed by atoms with Crippen molar-refractivity contribution < 1.29 is 4.79 Å². The third-order valence-electron chi connectivity index (χ3n) is 0.193. The maximum Gasteiger partial charge on any atom is 0.225 e. The Morgan fingerprint density at radius 1 is 1.67 bits per heavy atom. The fraction of sp³-hybridized carbons (Fsp3) is 0.667. The first-order valence-electron chi connectivity index (χ1n) is 1.40. The van der Waals surface area contributed by atoms with Crippen LogP contribution >= 0.6 is 25.3 Å². The molecule has 0 amide bonds. The Kier molecular flexibility index (Phi) is 2.00. The maximum atomic E-state index is 9.55. The molecule has 0 aromatic heterocycles. The summed E-state index contributed by atoms with van der Waals surface area (Å²) >= 11 is 7.39. The van der Waals surface area contributed by atoms with Gasteiger partial charge in [0.1, 0.15) is 4.08 Å². The van der Waals surface area contributed by atoms with E-state index in [4.69, 9.17) is 0 Å². The van der Waals surface area contributed by atoms with Crippen LogP contribution in [0.15, 0.2) is 0 Å². The number of thiol groups is 2. The Morgan fingerprint density at radius 2 is 1.83 bits per heavy atom. The summed E-state index contributed by atoms with van der Waals surface area (Å²) in [4.78, 5) is 9.55. The van der Waals surface area contributed by atoms with Crippen molar-refractivity contribution in [1.82, 2.24) is 0 Å². The molecule has 0 rings (SSSR count). The molecule has 1 radical (unpaired) electrons. The van der Waals surface area contributed by atoms with Crippen molar-refractivity contribution in [2.45, 2.75) is 11.0 Å². The SMILES string of the molecule is CC(S)(S)[C]=O. The van der Waals surface area contributed by atoms with Gasteiger partial charge in [0.2, 0.25) is 6.29 Å². The first kappa shape index (κ1) is 6.37. The van der Waals surface area contributed by atoms with Gasteiger partial charge in [0.15, 0.2) is 0 Å². The van der Waals surface area contributed by atoms with E-state index in [-0.39, 0.29) is 0 Å². The second kappa shape index (κ2) is 1.89. The van der Waals surface area contributed by atoms with Crippen molar-refractivity contribution in [3.8, 4) is 0 Å². The van der Waals surface area contributed by atoms with Crippen LogP contribution in [-0.2, 0) is 4.79 Å². The zero-order valence-corrected chi connectivity index (χ0v) is 5.09. The molecule has 0 fully saturated rings. The predicted octanol–water partition coefficient (Wildman–Crippen LogP) is 0.672. The highest BCUT2D eigenvalue weighted by Gasteiger charge is 2.09. The summed E-state index contributed by atoms with van der Waals surface area (Å²) in [5, 5.41) is 0. The monoisotopic (exact) mass is 121 g/mol. The van der Waals surface area contributed by atoms with E-state index < -0.39 is 4.08 Å². The van der Waals surface area contributed by atoms with Crippen LogP contribution in [0.25, 0.3) is 0 Å². The number of hydrogen-bond acceptors (Lipinski definition) is 3. The Balaban J connectivity index is 3.45. The molecule has 3 heteroatoms. The standard InChI is InChI=1S/C3H5OS2/c1-3(5,6)2-4/h5-6H,1H3. The Bertz CT molecular complexity index is 54.3. The Labute approximate surface area is 47.9 Å². The van der Waals surface area contributed by atoms with E-state index in [1.165, 1.54) is 0 Å². The van der Waals surface area contributed by atoms with Gasteiger partial charge in [0.05, 0.1) is 0 Å². The van der Waals surface area contributed by atoms with Gasteiger partial charge < -0.3 is 0 Å². The maximum absolute atomic E-state index is 9.55. The largest absolute Gasteiger partial charge is 0.288 e. The highest BCUT2D eigenvalue weighted by Crippen LogP contribution is 2.12. The fourth-order valence-corrected chi connectivity index (χ4v) is 0. The molecule has 0 N–H and O–H groups in total. The molecule has 0 spiro atoms. The van der Waals surface area contributed by atoms with Crippen molar-refractivity contribution in [3.63, 3.8) is 0 Å². The van der Waals surface area contributed by atoms with Crippen molar-refractivity contribution >= 4 is 31.5 Å². The highest BCUT2D eigenvalue weighted by molar-refractivity contribution is 8.01. The van der Waals surface area contributed by atoms with Crippen LogP contribution < -0.4 is 0 Å². The molecule has 35 valence electrons. The fourth-order valence-electron chi connectivity index (χ4n) is 0. The first-order chi connectivity index (χ1) is 2.56. The quantitative estimate of drug-likeness (QED) is 0.385.